The largest absolute Gasteiger partial charge is 0.460 e. The molecular formula is C21H21BrN2O7. The predicted molar refractivity (Wildman–Crippen MR) is 113 cm³/mol. The highest BCUT2D eigenvalue weighted by atomic mass is 79.9. The Morgan fingerprint density at radius 1 is 1.26 bits per heavy atom. The lowest BCUT2D eigenvalue weighted by molar-refractivity contribution is -0.144. The summed E-state index contributed by atoms with van der Waals surface area (Å²) in [6.45, 7) is 4.92. The third-order valence-electron chi connectivity index (χ3n) is 4.85. The molecule has 9 nitrogen and oxygen atoms in total. The predicted octanol–water partition coefficient (Wildman–Crippen LogP) is 2.03. The van der Waals surface area contributed by atoms with E-state index in [0.717, 1.165) is 0 Å². The summed E-state index contributed by atoms with van der Waals surface area (Å²) >= 11 is 3.38. The lowest BCUT2D eigenvalue weighted by Crippen LogP contribution is -2.48. The number of nitrogens with one attached hydrogen (secondary N) is 1. The number of ether oxygens (including phenoxy) is 4. The Hall–Kier alpha value is -3.11. The summed E-state index contributed by atoms with van der Waals surface area (Å²) in [4.78, 5) is 39.6. The normalized spacial score (nSPS) is 19.6. The van der Waals surface area contributed by atoms with Gasteiger partial charge in [-0.3, -0.25) is 4.79 Å². The van der Waals surface area contributed by atoms with Crippen molar-refractivity contribution in [1.82, 2.24) is 0 Å². The first-order chi connectivity index (χ1) is 14.8. The second kappa shape index (κ2) is 8.94. The van der Waals surface area contributed by atoms with Crippen LogP contribution < -0.4 is 11.1 Å². The maximum Gasteiger partial charge on any atom is 0.341 e. The minimum absolute atomic E-state index is 0.0305. The Kier molecular flexibility index (Phi) is 6.51. The van der Waals surface area contributed by atoms with Crippen LogP contribution in [0.1, 0.15) is 12.5 Å². The Labute approximate surface area is 187 Å². The topological polar surface area (TPSA) is 126 Å². The number of benzene rings is 1. The Morgan fingerprint density at radius 3 is 2.65 bits per heavy atom. The van der Waals surface area contributed by atoms with Gasteiger partial charge in [0.15, 0.2) is 0 Å². The standard InChI is InChI=1S/C21H21BrN2O7/c1-4-7-29-18(25)15-11(2)31-17(23)16(19(26)30-9-8-28-3)21(15)13-10-12(22)5-6-14(13)24-20(21)27/h4-6,10H,1,7-9,23H2,2-3H3,(H,24,27)/t21-/m1/s1. The van der Waals surface area contributed by atoms with Gasteiger partial charge in [0, 0.05) is 22.8 Å². The number of carbonyl (C=O) groups is 3. The van der Waals surface area contributed by atoms with Gasteiger partial charge in [-0.05, 0) is 25.1 Å². The van der Waals surface area contributed by atoms with Crippen LogP contribution in [0.4, 0.5) is 5.69 Å². The molecule has 1 amide bonds. The number of nitrogens with two attached hydrogens (primary N) is 1. The monoisotopic (exact) mass is 492 g/mol. The fraction of sp³-hybridized carbons (Fsp3) is 0.286. The summed E-state index contributed by atoms with van der Waals surface area (Å²) in [6.07, 6.45) is 1.38. The third kappa shape index (κ3) is 3.72. The van der Waals surface area contributed by atoms with E-state index in [-0.39, 0.29) is 42.6 Å². The lowest BCUT2D eigenvalue weighted by atomic mass is 9.67. The first-order valence-corrected chi connectivity index (χ1v) is 10.0. The highest BCUT2D eigenvalue weighted by molar-refractivity contribution is 9.10. The quantitative estimate of drug-likeness (QED) is 0.336. The van der Waals surface area contributed by atoms with Crippen molar-refractivity contribution in [3.05, 3.63) is 63.7 Å². The summed E-state index contributed by atoms with van der Waals surface area (Å²) in [5.74, 6) is -2.74. The zero-order valence-electron chi connectivity index (χ0n) is 17.0. The number of halogens is 1. The van der Waals surface area contributed by atoms with Crippen LogP contribution in [-0.2, 0) is 38.7 Å². The summed E-state index contributed by atoms with van der Waals surface area (Å²) in [5, 5.41) is 2.72. The Bertz CT molecular complexity index is 1030. The molecule has 1 atom stereocenters. The first-order valence-electron chi connectivity index (χ1n) is 9.24. The van der Waals surface area contributed by atoms with E-state index in [1.807, 2.05) is 0 Å². The summed E-state index contributed by atoms with van der Waals surface area (Å²) in [5.41, 5.74) is 4.42. The molecule has 1 aromatic rings. The van der Waals surface area contributed by atoms with E-state index >= 15 is 0 Å². The van der Waals surface area contributed by atoms with E-state index in [1.54, 1.807) is 18.2 Å². The van der Waals surface area contributed by atoms with Crippen molar-refractivity contribution in [2.24, 2.45) is 5.73 Å². The van der Waals surface area contributed by atoms with E-state index in [2.05, 4.69) is 27.8 Å². The Morgan fingerprint density at radius 2 is 1.97 bits per heavy atom. The first kappa shape index (κ1) is 22.6. The smallest absolute Gasteiger partial charge is 0.341 e. The molecule has 0 fully saturated rings. The zero-order chi connectivity index (χ0) is 22.8. The molecule has 1 aromatic carbocycles. The van der Waals surface area contributed by atoms with E-state index in [0.29, 0.717) is 15.7 Å². The molecule has 0 saturated carbocycles. The minimum atomic E-state index is -1.92. The lowest BCUT2D eigenvalue weighted by Gasteiger charge is -2.35. The van der Waals surface area contributed by atoms with Gasteiger partial charge in [-0.2, -0.15) is 0 Å². The van der Waals surface area contributed by atoms with Crippen molar-refractivity contribution in [3.8, 4) is 0 Å². The maximum absolute atomic E-state index is 13.5. The SMILES string of the molecule is C=CCOC(=O)C1=C(C)OC(N)=C(C(=O)OCCOC)[C@]12C(=O)Nc1ccc(Br)cc12. The second-order valence-electron chi connectivity index (χ2n) is 6.68. The molecule has 0 saturated heterocycles. The number of rotatable bonds is 7. The number of allylic oxidation sites excluding steroid dienone is 1. The molecule has 0 bridgehead atoms. The van der Waals surface area contributed by atoms with Crippen LogP contribution in [0, 0.1) is 0 Å². The van der Waals surface area contributed by atoms with Gasteiger partial charge in [0.25, 0.3) is 0 Å². The second-order valence-corrected chi connectivity index (χ2v) is 7.60. The highest BCUT2D eigenvalue weighted by Crippen LogP contribution is 2.53. The molecule has 2 aliphatic rings. The fourth-order valence-corrected chi connectivity index (χ4v) is 4.02. The van der Waals surface area contributed by atoms with Crippen LogP contribution in [-0.4, -0.2) is 44.8 Å². The molecule has 0 radical (unpaired) electrons. The number of carbonyl (C=O) groups excluding carboxylic acids is 3. The van der Waals surface area contributed by atoms with Crippen molar-refractivity contribution in [1.29, 1.82) is 0 Å². The zero-order valence-corrected chi connectivity index (χ0v) is 18.5. The molecule has 0 aromatic heterocycles. The Balaban J connectivity index is 2.27. The van der Waals surface area contributed by atoms with E-state index in [1.165, 1.54) is 20.1 Å². The van der Waals surface area contributed by atoms with Crippen molar-refractivity contribution in [2.75, 3.05) is 32.2 Å². The maximum atomic E-state index is 13.5. The number of hydrogen-bond acceptors (Lipinski definition) is 8. The van der Waals surface area contributed by atoms with Gasteiger partial charge >= 0.3 is 11.9 Å². The molecule has 0 unspecified atom stereocenters. The van der Waals surface area contributed by atoms with Crippen molar-refractivity contribution >= 4 is 39.5 Å². The molecule has 3 N–H and O–H groups in total. The molecular weight excluding hydrogens is 472 g/mol. The van der Waals surface area contributed by atoms with Gasteiger partial charge < -0.3 is 30.0 Å². The van der Waals surface area contributed by atoms with E-state index in [9.17, 15) is 14.4 Å². The number of esters is 2. The van der Waals surface area contributed by atoms with Crippen molar-refractivity contribution < 1.29 is 33.3 Å². The molecule has 10 heteroatoms. The number of fused-ring (bicyclic) bond motifs is 2. The average molecular weight is 493 g/mol. The van der Waals surface area contributed by atoms with Crippen LogP contribution in [0.25, 0.3) is 0 Å². The van der Waals surface area contributed by atoms with Crippen molar-refractivity contribution in [3.63, 3.8) is 0 Å². The van der Waals surface area contributed by atoms with Crippen LogP contribution in [0.15, 0.2) is 58.1 Å². The highest BCUT2D eigenvalue weighted by Gasteiger charge is 2.61. The third-order valence-corrected chi connectivity index (χ3v) is 5.34. The van der Waals surface area contributed by atoms with Crippen LogP contribution >= 0.6 is 15.9 Å². The fourth-order valence-electron chi connectivity index (χ4n) is 3.66. The van der Waals surface area contributed by atoms with Gasteiger partial charge in [-0.1, -0.05) is 28.6 Å². The molecule has 164 valence electrons. The van der Waals surface area contributed by atoms with Crippen molar-refractivity contribution in [2.45, 2.75) is 12.3 Å². The summed E-state index contributed by atoms with van der Waals surface area (Å²) in [7, 11) is 1.45. The average Bonchev–Trinajstić information content (AvgIpc) is 2.98. The number of methoxy groups -OCH3 is 1. The number of amides is 1. The van der Waals surface area contributed by atoms with Gasteiger partial charge in [0.05, 0.1) is 6.61 Å². The van der Waals surface area contributed by atoms with Gasteiger partial charge in [0.2, 0.25) is 11.8 Å². The number of anilines is 1. The summed E-state index contributed by atoms with van der Waals surface area (Å²) in [6, 6.07) is 4.99. The molecule has 1 spiro atoms. The minimum Gasteiger partial charge on any atom is -0.460 e. The molecule has 0 aliphatic carbocycles. The molecule has 2 aliphatic heterocycles. The van der Waals surface area contributed by atoms with Crippen LogP contribution in [0.5, 0.6) is 0 Å². The van der Waals surface area contributed by atoms with Gasteiger partial charge in [0.1, 0.15) is 35.5 Å². The van der Waals surface area contributed by atoms with Gasteiger partial charge in [-0.15, -0.1) is 0 Å². The van der Waals surface area contributed by atoms with Crippen LogP contribution in [0.2, 0.25) is 0 Å². The molecule has 31 heavy (non-hydrogen) atoms. The van der Waals surface area contributed by atoms with Crippen LogP contribution in [0.3, 0.4) is 0 Å². The summed E-state index contributed by atoms with van der Waals surface area (Å²) < 4.78 is 21.5. The molecule has 3 rings (SSSR count). The number of hydrogen-bond donors (Lipinski definition) is 2. The van der Waals surface area contributed by atoms with E-state index in [4.69, 9.17) is 24.7 Å². The van der Waals surface area contributed by atoms with Gasteiger partial charge in [-0.25, -0.2) is 9.59 Å². The van der Waals surface area contributed by atoms with E-state index < -0.39 is 23.3 Å². The molecule has 2 heterocycles.